The van der Waals surface area contributed by atoms with Gasteiger partial charge in [-0.05, 0) is 18.6 Å². The molecule has 2 rings (SSSR count). The molecule has 1 unspecified atom stereocenters. The summed E-state index contributed by atoms with van der Waals surface area (Å²) in [5.74, 6) is -1.78. The van der Waals surface area contributed by atoms with E-state index in [-0.39, 0.29) is 18.1 Å². The van der Waals surface area contributed by atoms with Crippen LogP contribution in [0, 0.1) is 5.82 Å². The fourth-order valence-electron chi connectivity index (χ4n) is 2.10. The van der Waals surface area contributed by atoms with Crippen LogP contribution in [0.2, 0.25) is 0 Å². The van der Waals surface area contributed by atoms with Crippen molar-refractivity contribution < 1.29 is 19.1 Å². The predicted molar refractivity (Wildman–Crippen MR) is 85.7 cm³/mol. The Morgan fingerprint density at radius 2 is 2.22 bits per heavy atom. The standard InChI is InChI=1S/C16H17FN2O3S/c1-2-4-13(16(21)22)19-14(20)8-12-9-23-15(18-12)10-5-3-6-11(17)7-10/h3,5-7,9,13H,2,4,8H2,1H3,(H,19,20)(H,21,22). The van der Waals surface area contributed by atoms with E-state index in [0.717, 1.165) is 0 Å². The summed E-state index contributed by atoms with van der Waals surface area (Å²) in [6, 6.07) is 5.19. The number of benzene rings is 1. The summed E-state index contributed by atoms with van der Waals surface area (Å²) in [7, 11) is 0. The number of carboxylic acid groups (broad SMARTS) is 1. The molecule has 23 heavy (non-hydrogen) atoms. The van der Waals surface area contributed by atoms with Gasteiger partial charge >= 0.3 is 5.97 Å². The minimum Gasteiger partial charge on any atom is -0.480 e. The smallest absolute Gasteiger partial charge is 0.326 e. The number of nitrogens with zero attached hydrogens (tertiary/aromatic N) is 1. The Morgan fingerprint density at radius 1 is 1.43 bits per heavy atom. The van der Waals surface area contributed by atoms with Crippen LogP contribution in [0.1, 0.15) is 25.5 Å². The van der Waals surface area contributed by atoms with E-state index >= 15 is 0 Å². The first-order chi connectivity index (χ1) is 11.0. The minimum atomic E-state index is -1.04. The summed E-state index contributed by atoms with van der Waals surface area (Å²) < 4.78 is 13.2. The molecule has 1 aromatic carbocycles. The molecule has 0 spiro atoms. The predicted octanol–water partition coefficient (Wildman–Crippen LogP) is 2.86. The monoisotopic (exact) mass is 336 g/mol. The van der Waals surface area contributed by atoms with Crippen LogP contribution in [0.5, 0.6) is 0 Å². The lowest BCUT2D eigenvalue weighted by molar-refractivity contribution is -0.141. The summed E-state index contributed by atoms with van der Waals surface area (Å²) in [6.45, 7) is 1.85. The number of rotatable bonds is 7. The highest BCUT2D eigenvalue weighted by Gasteiger charge is 2.19. The van der Waals surface area contributed by atoms with E-state index in [1.54, 1.807) is 17.5 Å². The molecular weight excluding hydrogens is 319 g/mol. The number of aromatic nitrogens is 1. The molecule has 1 heterocycles. The van der Waals surface area contributed by atoms with Gasteiger partial charge in [0.15, 0.2) is 0 Å². The van der Waals surface area contributed by atoms with Crippen LogP contribution in [0.4, 0.5) is 4.39 Å². The van der Waals surface area contributed by atoms with Crippen LogP contribution in [-0.2, 0) is 16.0 Å². The molecule has 0 aliphatic carbocycles. The first-order valence-corrected chi connectivity index (χ1v) is 8.10. The number of carboxylic acids is 1. The number of hydrogen-bond acceptors (Lipinski definition) is 4. The quantitative estimate of drug-likeness (QED) is 0.815. The number of amides is 1. The van der Waals surface area contributed by atoms with Crippen molar-refractivity contribution in [3.8, 4) is 10.6 Å². The summed E-state index contributed by atoms with van der Waals surface area (Å²) in [5, 5.41) is 13.9. The highest BCUT2D eigenvalue weighted by Crippen LogP contribution is 2.24. The zero-order valence-corrected chi connectivity index (χ0v) is 13.4. The van der Waals surface area contributed by atoms with E-state index in [1.807, 2.05) is 6.92 Å². The SMILES string of the molecule is CCCC(NC(=O)Cc1csc(-c2cccc(F)c2)n1)C(=O)O. The lowest BCUT2D eigenvalue weighted by atomic mass is 10.1. The van der Waals surface area contributed by atoms with Crippen LogP contribution in [0.3, 0.4) is 0 Å². The molecule has 7 heteroatoms. The third-order valence-electron chi connectivity index (χ3n) is 3.18. The molecular formula is C16H17FN2O3S. The van der Waals surface area contributed by atoms with Gasteiger partial charge in [-0.1, -0.05) is 25.5 Å². The number of carbonyl (C=O) groups excluding carboxylic acids is 1. The van der Waals surface area contributed by atoms with Crippen LogP contribution >= 0.6 is 11.3 Å². The van der Waals surface area contributed by atoms with Crippen molar-refractivity contribution in [1.82, 2.24) is 10.3 Å². The first-order valence-electron chi connectivity index (χ1n) is 7.22. The van der Waals surface area contributed by atoms with Gasteiger partial charge in [0, 0.05) is 10.9 Å². The van der Waals surface area contributed by atoms with E-state index in [9.17, 15) is 14.0 Å². The molecule has 0 aliphatic heterocycles. The van der Waals surface area contributed by atoms with Crippen LogP contribution in [-0.4, -0.2) is 28.0 Å². The van der Waals surface area contributed by atoms with Gasteiger partial charge in [0.1, 0.15) is 16.9 Å². The number of aliphatic carboxylic acids is 1. The van der Waals surface area contributed by atoms with Crippen molar-refractivity contribution >= 4 is 23.2 Å². The Hall–Kier alpha value is -2.28. The van der Waals surface area contributed by atoms with Gasteiger partial charge in [-0.25, -0.2) is 14.2 Å². The summed E-state index contributed by atoms with van der Waals surface area (Å²) in [4.78, 5) is 27.3. The Morgan fingerprint density at radius 3 is 2.87 bits per heavy atom. The van der Waals surface area contributed by atoms with E-state index in [0.29, 0.717) is 29.1 Å². The molecule has 5 nitrogen and oxygen atoms in total. The van der Waals surface area contributed by atoms with Gasteiger partial charge in [0.2, 0.25) is 5.91 Å². The lowest BCUT2D eigenvalue weighted by Crippen LogP contribution is -2.41. The van der Waals surface area contributed by atoms with Crippen molar-refractivity contribution in [2.24, 2.45) is 0 Å². The van der Waals surface area contributed by atoms with Crippen LogP contribution in [0.25, 0.3) is 10.6 Å². The van der Waals surface area contributed by atoms with Crippen molar-refractivity contribution in [3.05, 3.63) is 41.2 Å². The van der Waals surface area contributed by atoms with Crippen LogP contribution < -0.4 is 5.32 Å². The fourth-order valence-corrected chi connectivity index (χ4v) is 2.91. The zero-order chi connectivity index (χ0) is 16.8. The Balaban J connectivity index is 2.01. The highest BCUT2D eigenvalue weighted by atomic mass is 32.1. The molecule has 2 N–H and O–H groups in total. The molecule has 1 atom stereocenters. The first kappa shape index (κ1) is 17.1. The molecule has 0 radical (unpaired) electrons. The Labute approximate surface area is 137 Å². The summed E-state index contributed by atoms with van der Waals surface area (Å²) >= 11 is 1.31. The van der Waals surface area contributed by atoms with Gasteiger partial charge in [0.05, 0.1) is 12.1 Å². The lowest BCUT2D eigenvalue weighted by Gasteiger charge is -2.12. The number of nitrogens with one attached hydrogen (secondary N) is 1. The average Bonchev–Trinajstić information content (AvgIpc) is 2.95. The van der Waals surface area contributed by atoms with E-state index in [2.05, 4.69) is 10.3 Å². The fraction of sp³-hybridized carbons (Fsp3) is 0.312. The van der Waals surface area contributed by atoms with Crippen molar-refractivity contribution in [1.29, 1.82) is 0 Å². The largest absolute Gasteiger partial charge is 0.480 e. The molecule has 0 saturated heterocycles. The number of thiazole rings is 1. The van der Waals surface area contributed by atoms with Gasteiger partial charge in [0.25, 0.3) is 0 Å². The van der Waals surface area contributed by atoms with E-state index in [1.165, 1.54) is 23.5 Å². The number of hydrogen-bond donors (Lipinski definition) is 2. The molecule has 0 fully saturated rings. The van der Waals surface area contributed by atoms with E-state index < -0.39 is 12.0 Å². The zero-order valence-electron chi connectivity index (χ0n) is 12.6. The van der Waals surface area contributed by atoms with Crippen molar-refractivity contribution in [2.45, 2.75) is 32.2 Å². The third-order valence-corrected chi connectivity index (χ3v) is 4.12. The second kappa shape index (κ2) is 7.82. The van der Waals surface area contributed by atoms with Gasteiger partial charge in [-0.3, -0.25) is 4.79 Å². The Bertz CT molecular complexity index is 702. The maximum atomic E-state index is 13.2. The van der Waals surface area contributed by atoms with Gasteiger partial charge in [-0.15, -0.1) is 11.3 Å². The summed E-state index contributed by atoms with van der Waals surface area (Å²) in [5.41, 5.74) is 1.18. The summed E-state index contributed by atoms with van der Waals surface area (Å²) in [6.07, 6.45) is 1.05. The molecule has 2 aromatic rings. The number of halogens is 1. The van der Waals surface area contributed by atoms with Crippen molar-refractivity contribution in [3.63, 3.8) is 0 Å². The molecule has 122 valence electrons. The normalized spacial score (nSPS) is 11.9. The van der Waals surface area contributed by atoms with Gasteiger partial charge in [-0.2, -0.15) is 0 Å². The molecule has 1 amide bonds. The molecule has 0 aliphatic rings. The Kier molecular flexibility index (Phi) is 5.81. The van der Waals surface area contributed by atoms with Crippen molar-refractivity contribution in [2.75, 3.05) is 0 Å². The number of carbonyl (C=O) groups is 2. The minimum absolute atomic E-state index is 0.000685. The maximum absolute atomic E-state index is 13.2. The average molecular weight is 336 g/mol. The van der Waals surface area contributed by atoms with E-state index in [4.69, 9.17) is 5.11 Å². The third kappa shape index (κ3) is 4.85. The van der Waals surface area contributed by atoms with Gasteiger partial charge < -0.3 is 10.4 Å². The second-order valence-electron chi connectivity index (χ2n) is 5.08. The van der Waals surface area contributed by atoms with Crippen LogP contribution in [0.15, 0.2) is 29.6 Å². The topological polar surface area (TPSA) is 79.3 Å². The highest BCUT2D eigenvalue weighted by molar-refractivity contribution is 7.13. The molecule has 0 saturated carbocycles. The molecule has 1 aromatic heterocycles. The maximum Gasteiger partial charge on any atom is 0.326 e. The second-order valence-corrected chi connectivity index (χ2v) is 5.94. The molecule has 0 bridgehead atoms.